The van der Waals surface area contributed by atoms with E-state index in [2.05, 4.69) is 5.10 Å². The first-order chi connectivity index (χ1) is 11.8. The molecule has 0 aliphatic carbocycles. The van der Waals surface area contributed by atoms with Gasteiger partial charge in [-0.3, -0.25) is 4.68 Å². The van der Waals surface area contributed by atoms with Crippen LogP contribution in [0.3, 0.4) is 0 Å². The van der Waals surface area contributed by atoms with Gasteiger partial charge in [0.2, 0.25) is 0 Å². The van der Waals surface area contributed by atoms with E-state index in [0.717, 1.165) is 22.4 Å². The lowest BCUT2D eigenvalue weighted by molar-refractivity contribution is -0.141. The van der Waals surface area contributed by atoms with Crippen LogP contribution in [0, 0.1) is 5.82 Å². The van der Waals surface area contributed by atoms with E-state index in [0.29, 0.717) is 5.75 Å². The van der Waals surface area contributed by atoms with Gasteiger partial charge in [-0.15, -0.1) is 0 Å². The molecule has 0 unspecified atom stereocenters. The number of aromatic nitrogens is 2. The number of nitrogens with zero attached hydrogens (tertiary/aromatic N) is 2. The summed E-state index contributed by atoms with van der Waals surface area (Å²) in [4.78, 5) is 0. The molecule has 0 saturated carbocycles. The Kier molecular flexibility index (Phi) is 4.48. The van der Waals surface area contributed by atoms with Crippen LogP contribution >= 0.6 is 0 Å². The van der Waals surface area contributed by atoms with E-state index in [1.165, 1.54) is 19.2 Å². The molecule has 0 saturated heterocycles. The summed E-state index contributed by atoms with van der Waals surface area (Å²) in [5, 5.41) is 3.39. The normalized spacial score (nSPS) is 11.6. The van der Waals surface area contributed by atoms with E-state index < -0.39 is 17.7 Å². The number of rotatable bonds is 4. The lowest BCUT2D eigenvalue weighted by Gasteiger charge is -2.09. The smallest absolute Gasteiger partial charge is 0.435 e. The fraction of sp³-hybridized carbons (Fsp3) is 0.167. The molecule has 25 heavy (non-hydrogen) atoms. The Labute approximate surface area is 141 Å². The van der Waals surface area contributed by atoms with Crippen LogP contribution in [0.5, 0.6) is 5.75 Å². The van der Waals surface area contributed by atoms with Crippen LogP contribution in [0.2, 0.25) is 0 Å². The Morgan fingerprint density at radius 1 is 1.04 bits per heavy atom. The summed E-state index contributed by atoms with van der Waals surface area (Å²) in [6, 6.07) is 14.2. The summed E-state index contributed by atoms with van der Waals surface area (Å²) in [5.74, 6) is -0.384. The Hall–Kier alpha value is -2.83. The summed E-state index contributed by atoms with van der Waals surface area (Å²) < 4.78 is 59.1. The molecular formula is C18H14F4N2O. The van der Waals surface area contributed by atoms with E-state index in [1.54, 1.807) is 0 Å². The van der Waals surface area contributed by atoms with Gasteiger partial charge < -0.3 is 4.74 Å². The summed E-state index contributed by atoms with van der Waals surface area (Å²) in [7, 11) is 1.34. The Morgan fingerprint density at radius 3 is 2.36 bits per heavy atom. The molecule has 3 rings (SSSR count). The number of hydrogen-bond acceptors (Lipinski definition) is 2. The van der Waals surface area contributed by atoms with Crippen LogP contribution in [-0.2, 0) is 19.8 Å². The second-order valence-corrected chi connectivity index (χ2v) is 5.45. The third-order valence-corrected chi connectivity index (χ3v) is 3.64. The third kappa shape index (κ3) is 3.81. The van der Waals surface area contributed by atoms with Crippen LogP contribution in [-0.4, -0.2) is 9.78 Å². The minimum absolute atomic E-state index is 0.0255. The number of halogens is 4. The third-order valence-electron chi connectivity index (χ3n) is 3.64. The van der Waals surface area contributed by atoms with Crippen molar-refractivity contribution in [1.29, 1.82) is 0 Å². The molecule has 0 spiro atoms. The van der Waals surface area contributed by atoms with Crippen LogP contribution in [0.15, 0.2) is 54.6 Å². The molecule has 3 nitrogen and oxygen atoms in total. The molecule has 0 aliphatic rings. The standard InChI is InChI=1S/C18H14F4N2O/c1-24-16(10-17(23-24)18(20,21)22)14-8-7-13(9-15(14)19)25-11-12-5-3-2-4-6-12/h2-10H,11H2,1H3. The van der Waals surface area contributed by atoms with Crippen LogP contribution < -0.4 is 4.74 Å². The second-order valence-electron chi connectivity index (χ2n) is 5.45. The van der Waals surface area contributed by atoms with E-state index in [-0.39, 0.29) is 17.9 Å². The van der Waals surface area contributed by atoms with Gasteiger partial charge in [0.1, 0.15) is 18.2 Å². The SMILES string of the molecule is Cn1nc(C(F)(F)F)cc1-c1ccc(OCc2ccccc2)cc1F. The molecule has 7 heteroatoms. The van der Waals surface area contributed by atoms with Gasteiger partial charge in [0.15, 0.2) is 5.69 Å². The minimum Gasteiger partial charge on any atom is -0.489 e. The summed E-state index contributed by atoms with van der Waals surface area (Å²) in [6.07, 6.45) is -4.58. The highest BCUT2D eigenvalue weighted by Crippen LogP contribution is 2.33. The summed E-state index contributed by atoms with van der Waals surface area (Å²) in [6.45, 7) is 0.267. The summed E-state index contributed by atoms with van der Waals surface area (Å²) >= 11 is 0. The number of aryl methyl sites for hydroxylation is 1. The first kappa shape index (κ1) is 17.0. The van der Waals surface area contributed by atoms with Crippen molar-refractivity contribution in [2.45, 2.75) is 12.8 Å². The van der Waals surface area contributed by atoms with Crippen molar-refractivity contribution in [3.63, 3.8) is 0 Å². The van der Waals surface area contributed by atoms with Gasteiger partial charge in [0.25, 0.3) is 0 Å². The van der Waals surface area contributed by atoms with Gasteiger partial charge in [0.05, 0.1) is 5.69 Å². The zero-order valence-electron chi connectivity index (χ0n) is 13.2. The molecule has 2 aromatic carbocycles. The monoisotopic (exact) mass is 350 g/mol. The van der Waals surface area contributed by atoms with Gasteiger partial charge in [-0.1, -0.05) is 30.3 Å². The molecule has 130 valence electrons. The Balaban J connectivity index is 1.82. The minimum atomic E-state index is -4.58. The van der Waals surface area contributed by atoms with Crippen molar-refractivity contribution in [3.05, 3.63) is 71.7 Å². The molecule has 1 aromatic heterocycles. The highest BCUT2D eigenvalue weighted by Gasteiger charge is 2.35. The quantitative estimate of drug-likeness (QED) is 0.631. The molecular weight excluding hydrogens is 336 g/mol. The molecule has 0 atom stereocenters. The number of ether oxygens (including phenoxy) is 1. The van der Waals surface area contributed by atoms with Crippen molar-refractivity contribution in [1.82, 2.24) is 9.78 Å². The highest BCUT2D eigenvalue weighted by molar-refractivity contribution is 5.62. The predicted octanol–water partition coefficient (Wildman–Crippen LogP) is 4.82. The maximum atomic E-state index is 14.3. The molecule has 0 N–H and O–H groups in total. The van der Waals surface area contributed by atoms with Gasteiger partial charge in [0, 0.05) is 18.7 Å². The maximum Gasteiger partial charge on any atom is 0.435 e. The first-order valence-electron chi connectivity index (χ1n) is 7.42. The second kappa shape index (κ2) is 6.58. The largest absolute Gasteiger partial charge is 0.489 e. The maximum absolute atomic E-state index is 14.3. The Bertz CT molecular complexity index is 873. The van der Waals surface area contributed by atoms with Gasteiger partial charge in [-0.05, 0) is 23.8 Å². The highest BCUT2D eigenvalue weighted by atomic mass is 19.4. The van der Waals surface area contributed by atoms with Crippen molar-refractivity contribution in [2.75, 3.05) is 0 Å². The molecule has 0 amide bonds. The van der Waals surface area contributed by atoms with Crippen molar-refractivity contribution in [2.24, 2.45) is 7.05 Å². The molecule has 3 aromatic rings. The van der Waals surface area contributed by atoms with Crippen LogP contribution in [0.25, 0.3) is 11.3 Å². The average molecular weight is 350 g/mol. The molecule has 0 aliphatic heterocycles. The predicted molar refractivity (Wildman–Crippen MR) is 84.4 cm³/mol. The lowest BCUT2D eigenvalue weighted by Crippen LogP contribution is -2.06. The van der Waals surface area contributed by atoms with E-state index in [4.69, 9.17) is 4.74 Å². The number of hydrogen-bond donors (Lipinski definition) is 0. The fourth-order valence-corrected chi connectivity index (χ4v) is 2.39. The van der Waals surface area contributed by atoms with Crippen molar-refractivity contribution in [3.8, 4) is 17.0 Å². The first-order valence-corrected chi connectivity index (χ1v) is 7.42. The van der Waals surface area contributed by atoms with Crippen LogP contribution in [0.4, 0.5) is 17.6 Å². The zero-order chi connectivity index (χ0) is 18.0. The van der Waals surface area contributed by atoms with E-state index in [1.807, 2.05) is 30.3 Å². The molecule has 1 heterocycles. The number of benzene rings is 2. The molecule has 0 bridgehead atoms. The number of alkyl halides is 3. The fourth-order valence-electron chi connectivity index (χ4n) is 2.39. The zero-order valence-corrected chi connectivity index (χ0v) is 13.2. The van der Waals surface area contributed by atoms with Crippen molar-refractivity contribution < 1.29 is 22.3 Å². The van der Waals surface area contributed by atoms with Crippen LogP contribution in [0.1, 0.15) is 11.3 Å². The topological polar surface area (TPSA) is 27.1 Å². The molecule has 0 radical (unpaired) electrons. The van der Waals surface area contributed by atoms with E-state index in [9.17, 15) is 17.6 Å². The van der Waals surface area contributed by atoms with Crippen molar-refractivity contribution >= 4 is 0 Å². The average Bonchev–Trinajstić information content (AvgIpc) is 2.96. The van der Waals surface area contributed by atoms with E-state index >= 15 is 0 Å². The van der Waals surface area contributed by atoms with Gasteiger partial charge >= 0.3 is 6.18 Å². The molecule has 0 fully saturated rings. The van der Waals surface area contributed by atoms with Gasteiger partial charge in [-0.2, -0.15) is 18.3 Å². The Morgan fingerprint density at radius 2 is 1.76 bits per heavy atom. The summed E-state index contributed by atoms with van der Waals surface area (Å²) in [5.41, 5.74) is -0.0702. The van der Waals surface area contributed by atoms with Gasteiger partial charge in [-0.25, -0.2) is 4.39 Å². The lowest BCUT2D eigenvalue weighted by atomic mass is 10.1.